The second-order valence-electron chi connectivity index (χ2n) is 6.64. The fraction of sp³-hybridized carbons (Fsp3) is 0.348. The van der Waals surface area contributed by atoms with Crippen molar-refractivity contribution in [1.82, 2.24) is 5.32 Å². The lowest BCUT2D eigenvalue weighted by atomic mass is 9.92. The van der Waals surface area contributed by atoms with E-state index in [2.05, 4.69) is 5.32 Å². The topological polar surface area (TPSA) is 90.9 Å². The van der Waals surface area contributed by atoms with Gasteiger partial charge in [-0.1, -0.05) is 42.5 Å². The van der Waals surface area contributed by atoms with E-state index in [0.717, 1.165) is 5.56 Å². The van der Waals surface area contributed by atoms with Gasteiger partial charge in [-0.3, -0.25) is 9.59 Å². The maximum atomic E-state index is 12.6. The Kier molecular flexibility index (Phi) is 9.37. The third-order valence-corrected chi connectivity index (χ3v) is 4.54. The van der Waals surface area contributed by atoms with Crippen LogP contribution in [0.5, 0.6) is 5.75 Å². The number of methoxy groups -OCH3 is 2. The normalized spacial score (nSPS) is 11.3. The molecule has 0 radical (unpaired) electrons. The number of ether oxygens (including phenoxy) is 3. The van der Waals surface area contributed by atoms with Gasteiger partial charge in [-0.25, -0.2) is 4.79 Å². The number of carbonyl (C=O) groups is 3. The molecule has 0 aliphatic carbocycles. The summed E-state index contributed by atoms with van der Waals surface area (Å²) < 4.78 is 15.0. The fourth-order valence-corrected chi connectivity index (χ4v) is 2.90. The molecule has 160 valence electrons. The van der Waals surface area contributed by atoms with Gasteiger partial charge < -0.3 is 19.5 Å². The summed E-state index contributed by atoms with van der Waals surface area (Å²) >= 11 is 0. The molecule has 0 fully saturated rings. The SMILES string of the molecule is COC(=O)C(C(=O)CCCCNC(=O)OCc1ccccc1)c1ccc(OC)cc1. The number of carbonyl (C=O) groups excluding carboxylic acids is 3. The largest absolute Gasteiger partial charge is 0.497 e. The maximum Gasteiger partial charge on any atom is 0.407 e. The summed E-state index contributed by atoms with van der Waals surface area (Å²) in [6.07, 6.45) is 0.812. The van der Waals surface area contributed by atoms with Crippen LogP contribution in [0.15, 0.2) is 54.6 Å². The predicted molar refractivity (Wildman–Crippen MR) is 111 cm³/mol. The van der Waals surface area contributed by atoms with Crippen molar-refractivity contribution in [2.75, 3.05) is 20.8 Å². The van der Waals surface area contributed by atoms with Gasteiger partial charge in [0.1, 0.15) is 18.3 Å². The number of hydrogen-bond donors (Lipinski definition) is 1. The molecule has 0 saturated heterocycles. The molecule has 1 amide bonds. The molecule has 2 rings (SSSR count). The summed E-state index contributed by atoms with van der Waals surface area (Å²) in [6.45, 7) is 0.583. The third kappa shape index (κ3) is 7.24. The van der Waals surface area contributed by atoms with E-state index in [-0.39, 0.29) is 18.8 Å². The van der Waals surface area contributed by atoms with Crippen molar-refractivity contribution >= 4 is 17.8 Å². The highest BCUT2D eigenvalue weighted by Crippen LogP contribution is 2.23. The first-order valence-electron chi connectivity index (χ1n) is 9.74. The molecule has 30 heavy (non-hydrogen) atoms. The van der Waals surface area contributed by atoms with Crippen LogP contribution in [0.25, 0.3) is 0 Å². The van der Waals surface area contributed by atoms with Crippen LogP contribution in [0.4, 0.5) is 4.79 Å². The molecule has 1 atom stereocenters. The molecule has 0 spiro atoms. The van der Waals surface area contributed by atoms with Gasteiger partial charge in [0.15, 0.2) is 5.78 Å². The van der Waals surface area contributed by atoms with Crippen LogP contribution in [0.1, 0.15) is 36.3 Å². The molecule has 7 nitrogen and oxygen atoms in total. The van der Waals surface area contributed by atoms with Crippen molar-refractivity contribution in [2.45, 2.75) is 31.8 Å². The van der Waals surface area contributed by atoms with Crippen LogP contribution in [-0.2, 0) is 25.7 Å². The van der Waals surface area contributed by atoms with Gasteiger partial charge in [0, 0.05) is 13.0 Å². The molecular formula is C23H27NO6. The van der Waals surface area contributed by atoms with Crippen LogP contribution < -0.4 is 10.1 Å². The summed E-state index contributed by atoms with van der Waals surface area (Å²) in [7, 11) is 2.81. The molecule has 0 bridgehead atoms. The summed E-state index contributed by atoms with van der Waals surface area (Å²) in [5.74, 6) is -1.14. The van der Waals surface area contributed by atoms with Crippen molar-refractivity contribution in [2.24, 2.45) is 0 Å². The molecule has 0 heterocycles. The highest BCUT2D eigenvalue weighted by Gasteiger charge is 2.28. The lowest BCUT2D eigenvalue weighted by molar-refractivity contribution is -0.145. The van der Waals surface area contributed by atoms with E-state index in [4.69, 9.17) is 14.2 Å². The minimum absolute atomic E-state index is 0.201. The molecule has 0 aliphatic rings. The Balaban J connectivity index is 1.74. The lowest BCUT2D eigenvalue weighted by Gasteiger charge is -2.14. The van der Waals surface area contributed by atoms with Gasteiger partial charge in [-0.05, 0) is 36.1 Å². The number of nitrogens with one attached hydrogen (secondary N) is 1. The Morgan fingerprint density at radius 1 is 0.933 bits per heavy atom. The minimum Gasteiger partial charge on any atom is -0.497 e. The average Bonchev–Trinajstić information content (AvgIpc) is 2.78. The van der Waals surface area contributed by atoms with Crippen LogP contribution >= 0.6 is 0 Å². The van der Waals surface area contributed by atoms with E-state index >= 15 is 0 Å². The number of amides is 1. The number of hydrogen-bond acceptors (Lipinski definition) is 6. The number of alkyl carbamates (subject to hydrolysis) is 1. The Morgan fingerprint density at radius 2 is 1.63 bits per heavy atom. The van der Waals surface area contributed by atoms with Crippen molar-refractivity contribution in [3.05, 3.63) is 65.7 Å². The highest BCUT2D eigenvalue weighted by molar-refractivity contribution is 6.04. The summed E-state index contributed by atoms with van der Waals surface area (Å²) in [5.41, 5.74) is 1.47. The van der Waals surface area contributed by atoms with Crippen molar-refractivity contribution in [3.8, 4) is 5.75 Å². The summed E-state index contributed by atoms with van der Waals surface area (Å²) in [5, 5.41) is 2.66. The van der Waals surface area contributed by atoms with E-state index < -0.39 is 18.0 Å². The van der Waals surface area contributed by atoms with Gasteiger partial charge in [-0.15, -0.1) is 0 Å². The molecule has 2 aromatic carbocycles. The second kappa shape index (κ2) is 12.3. The molecule has 7 heteroatoms. The zero-order valence-corrected chi connectivity index (χ0v) is 17.3. The fourth-order valence-electron chi connectivity index (χ4n) is 2.90. The molecule has 1 N–H and O–H groups in total. The Morgan fingerprint density at radius 3 is 2.27 bits per heavy atom. The van der Waals surface area contributed by atoms with Crippen LogP contribution in [0.3, 0.4) is 0 Å². The smallest absolute Gasteiger partial charge is 0.407 e. The van der Waals surface area contributed by atoms with Crippen molar-refractivity contribution in [3.63, 3.8) is 0 Å². The van der Waals surface area contributed by atoms with Crippen LogP contribution in [0, 0.1) is 0 Å². The van der Waals surface area contributed by atoms with E-state index in [1.807, 2.05) is 30.3 Å². The highest BCUT2D eigenvalue weighted by atomic mass is 16.5. The maximum absolute atomic E-state index is 12.6. The van der Waals surface area contributed by atoms with Gasteiger partial charge in [-0.2, -0.15) is 0 Å². The van der Waals surface area contributed by atoms with Gasteiger partial charge in [0.25, 0.3) is 0 Å². The van der Waals surface area contributed by atoms with Crippen molar-refractivity contribution in [1.29, 1.82) is 0 Å². The standard InChI is InChI=1S/C23H27NO6/c1-28-19-13-11-18(12-14-19)21(22(26)29-2)20(25)10-6-7-15-24-23(27)30-16-17-8-4-3-5-9-17/h3-5,8-9,11-14,21H,6-7,10,15-16H2,1-2H3,(H,24,27). The second-order valence-corrected chi connectivity index (χ2v) is 6.64. The lowest BCUT2D eigenvalue weighted by Crippen LogP contribution is -2.26. The number of rotatable bonds is 11. The van der Waals surface area contributed by atoms with E-state index in [0.29, 0.717) is 30.7 Å². The molecule has 0 aliphatic heterocycles. The summed E-state index contributed by atoms with van der Waals surface area (Å²) in [4.78, 5) is 36.5. The number of benzene rings is 2. The first-order chi connectivity index (χ1) is 14.5. The molecule has 0 saturated carbocycles. The first kappa shape index (κ1) is 22.9. The van der Waals surface area contributed by atoms with E-state index in [1.165, 1.54) is 7.11 Å². The van der Waals surface area contributed by atoms with Crippen LogP contribution in [-0.4, -0.2) is 38.6 Å². The van der Waals surface area contributed by atoms with E-state index in [9.17, 15) is 14.4 Å². The Hall–Kier alpha value is -3.35. The number of unbranched alkanes of at least 4 members (excludes halogenated alkanes) is 1. The van der Waals surface area contributed by atoms with Crippen molar-refractivity contribution < 1.29 is 28.6 Å². The molecule has 0 aromatic heterocycles. The predicted octanol–water partition coefficient (Wildman–Crippen LogP) is 3.62. The van der Waals surface area contributed by atoms with E-state index in [1.54, 1.807) is 31.4 Å². The molecule has 2 aromatic rings. The van der Waals surface area contributed by atoms with Gasteiger partial charge in [0.05, 0.1) is 14.2 Å². The molecule has 1 unspecified atom stereocenters. The quantitative estimate of drug-likeness (QED) is 0.344. The Bertz CT molecular complexity index is 819. The number of ketones is 1. The zero-order valence-electron chi connectivity index (χ0n) is 17.3. The Labute approximate surface area is 176 Å². The summed E-state index contributed by atoms with van der Waals surface area (Å²) in [6, 6.07) is 16.2. The van der Waals surface area contributed by atoms with Crippen LogP contribution in [0.2, 0.25) is 0 Å². The number of esters is 1. The zero-order chi connectivity index (χ0) is 21.8. The monoisotopic (exact) mass is 413 g/mol. The van der Waals surface area contributed by atoms with Gasteiger partial charge in [0.2, 0.25) is 0 Å². The van der Waals surface area contributed by atoms with Gasteiger partial charge >= 0.3 is 12.1 Å². The molecular weight excluding hydrogens is 386 g/mol. The number of Topliss-reactive ketones (excluding diaryl/α,β-unsaturated/α-hetero) is 1. The average molecular weight is 413 g/mol. The third-order valence-electron chi connectivity index (χ3n) is 4.54. The minimum atomic E-state index is -0.968. The first-order valence-corrected chi connectivity index (χ1v) is 9.74.